The molecule has 0 aromatic carbocycles. The number of hydrogen-bond donors (Lipinski definition) is 0. The molecule has 2 rings (SSSR count). The molecule has 2 aliphatic carbocycles. The fraction of sp³-hybridized carbons (Fsp3) is 1.00. The van der Waals surface area contributed by atoms with E-state index in [4.69, 9.17) is 0 Å². The SMILES string of the molecule is CCC1CCC2CCCCC(C)CCC2CC1. The van der Waals surface area contributed by atoms with E-state index in [0.29, 0.717) is 0 Å². The van der Waals surface area contributed by atoms with Crippen molar-refractivity contribution in [2.24, 2.45) is 23.7 Å². The van der Waals surface area contributed by atoms with Crippen molar-refractivity contribution in [2.45, 2.75) is 84.5 Å². The lowest BCUT2D eigenvalue weighted by atomic mass is 9.81. The summed E-state index contributed by atoms with van der Waals surface area (Å²) in [7, 11) is 0. The second-order valence-electron chi connectivity index (χ2n) is 6.92. The van der Waals surface area contributed by atoms with Crippen LogP contribution in [0.1, 0.15) is 84.5 Å². The van der Waals surface area contributed by atoms with Gasteiger partial charge in [-0.05, 0) is 42.9 Å². The first kappa shape index (κ1) is 13.4. The van der Waals surface area contributed by atoms with Crippen LogP contribution >= 0.6 is 0 Å². The fourth-order valence-corrected chi connectivity index (χ4v) is 4.23. The highest BCUT2D eigenvalue weighted by Crippen LogP contribution is 2.40. The van der Waals surface area contributed by atoms with Gasteiger partial charge in [0, 0.05) is 0 Å². The van der Waals surface area contributed by atoms with Crippen molar-refractivity contribution < 1.29 is 0 Å². The van der Waals surface area contributed by atoms with Crippen molar-refractivity contribution in [1.82, 2.24) is 0 Å². The number of fused-ring (bicyclic) bond motifs is 1. The van der Waals surface area contributed by atoms with Gasteiger partial charge in [-0.15, -0.1) is 0 Å². The third-order valence-electron chi connectivity index (χ3n) is 5.69. The Bertz CT molecular complexity index is 208. The van der Waals surface area contributed by atoms with Gasteiger partial charge in [-0.3, -0.25) is 0 Å². The Morgan fingerprint density at radius 2 is 1.29 bits per heavy atom. The fourth-order valence-electron chi connectivity index (χ4n) is 4.23. The van der Waals surface area contributed by atoms with Crippen LogP contribution in [0.4, 0.5) is 0 Å². The normalized spacial score (nSPS) is 40.6. The van der Waals surface area contributed by atoms with Crippen molar-refractivity contribution in [3.05, 3.63) is 0 Å². The van der Waals surface area contributed by atoms with Crippen molar-refractivity contribution in [2.75, 3.05) is 0 Å². The Hall–Kier alpha value is 0. The van der Waals surface area contributed by atoms with E-state index in [-0.39, 0.29) is 0 Å². The lowest BCUT2D eigenvalue weighted by Gasteiger charge is -2.24. The summed E-state index contributed by atoms with van der Waals surface area (Å²) < 4.78 is 0. The van der Waals surface area contributed by atoms with Crippen LogP contribution in [-0.2, 0) is 0 Å². The minimum absolute atomic E-state index is 0.999. The molecule has 2 fully saturated rings. The van der Waals surface area contributed by atoms with Crippen LogP contribution in [0.15, 0.2) is 0 Å². The van der Waals surface area contributed by atoms with Gasteiger partial charge in [-0.1, -0.05) is 65.2 Å². The minimum atomic E-state index is 0.999. The minimum Gasteiger partial charge on any atom is -0.0651 e. The van der Waals surface area contributed by atoms with Crippen LogP contribution in [0.2, 0.25) is 0 Å². The van der Waals surface area contributed by atoms with Gasteiger partial charge in [0.25, 0.3) is 0 Å². The molecule has 0 spiro atoms. The predicted molar refractivity (Wildman–Crippen MR) is 76.1 cm³/mol. The lowest BCUT2D eigenvalue weighted by molar-refractivity contribution is 0.268. The highest BCUT2D eigenvalue weighted by atomic mass is 14.3. The molecule has 2 aliphatic rings. The molecule has 0 aromatic heterocycles. The summed E-state index contributed by atoms with van der Waals surface area (Å²) in [6.07, 6.45) is 16.7. The van der Waals surface area contributed by atoms with E-state index in [0.717, 1.165) is 23.7 Å². The third kappa shape index (κ3) is 4.00. The van der Waals surface area contributed by atoms with Crippen molar-refractivity contribution in [3.8, 4) is 0 Å². The van der Waals surface area contributed by atoms with Crippen molar-refractivity contribution in [1.29, 1.82) is 0 Å². The first-order chi connectivity index (χ1) is 8.29. The first-order valence-electron chi connectivity index (χ1n) is 8.29. The standard InChI is InChI=1S/C17H32/c1-3-15-9-12-16-7-5-4-6-14(2)8-11-17(16)13-10-15/h14-17H,3-13H2,1-2H3. The van der Waals surface area contributed by atoms with E-state index in [9.17, 15) is 0 Å². The maximum atomic E-state index is 2.48. The molecule has 0 radical (unpaired) electrons. The summed E-state index contributed by atoms with van der Waals surface area (Å²) in [5.74, 6) is 4.24. The quantitative estimate of drug-likeness (QED) is 0.539. The van der Waals surface area contributed by atoms with Gasteiger partial charge in [-0.2, -0.15) is 0 Å². The molecule has 4 atom stereocenters. The van der Waals surface area contributed by atoms with E-state index in [1.165, 1.54) is 44.9 Å². The van der Waals surface area contributed by atoms with Gasteiger partial charge >= 0.3 is 0 Å². The van der Waals surface area contributed by atoms with E-state index in [1.54, 1.807) is 25.7 Å². The average Bonchev–Trinajstić information content (AvgIpc) is 2.49. The molecule has 17 heavy (non-hydrogen) atoms. The Kier molecular flexibility index (Phi) is 5.38. The van der Waals surface area contributed by atoms with Crippen molar-refractivity contribution >= 4 is 0 Å². The molecule has 0 saturated heterocycles. The molecule has 0 aliphatic heterocycles. The van der Waals surface area contributed by atoms with E-state index in [2.05, 4.69) is 13.8 Å². The summed E-state index contributed by atoms with van der Waals surface area (Å²) in [6, 6.07) is 0. The molecule has 2 saturated carbocycles. The second kappa shape index (κ2) is 6.81. The Morgan fingerprint density at radius 1 is 0.706 bits per heavy atom. The third-order valence-corrected chi connectivity index (χ3v) is 5.69. The predicted octanol–water partition coefficient (Wildman–Crippen LogP) is 5.81. The van der Waals surface area contributed by atoms with Crippen LogP contribution in [0.5, 0.6) is 0 Å². The monoisotopic (exact) mass is 236 g/mol. The van der Waals surface area contributed by atoms with Gasteiger partial charge < -0.3 is 0 Å². The summed E-state index contributed by atoms with van der Waals surface area (Å²) in [6.45, 7) is 4.87. The lowest BCUT2D eigenvalue weighted by Crippen LogP contribution is -2.13. The van der Waals surface area contributed by atoms with Gasteiger partial charge in [0.2, 0.25) is 0 Å². The van der Waals surface area contributed by atoms with Crippen LogP contribution in [-0.4, -0.2) is 0 Å². The number of hydrogen-bond acceptors (Lipinski definition) is 0. The van der Waals surface area contributed by atoms with Gasteiger partial charge in [0.15, 0.2) is 0 Å². The summed E-state index contributed by atoms with van der Waals surface area (Å²) in [5.41, 5.74) is 0. The van der Waals surface area contributed by atoms with Crippen LogP contribution in [0.3, 0.4) is 0 Å². The molecule has 0 amide bonds. The highest BCUT2D eigenvalue weighted by Gasteiger charge is 2.27. The van der Waals surface area contributed by atoms with E-state index >= 15 is 0 Å². The molecular weight excluding hydrogens is 204 g/mol. The zero-order chi connectivity index (χ0) is 12.1. The maximum absolute atomic E-state index is 2.48. The molecule has 0 heterocycles. The molecule has 0 aromatic rings. The summed E-state index contributed by atoms with van der Waals surface area (Å²) >= 11 is 0. The first-order valence-corrected chi connectivity index (χ1v) is 8.29. The summed E-state index contributed by atoms with van der Waals surface area (Å²) in [5, 5.41) is 0. The highest BCUT2D eigenvalue weighted by molar-refractivity contribution is 4.79. The topological polar surface area (TPSA) is 0 Å². The van der Waals surface area contributed by atoms with Crippen LogP contribution < -0.4 is 0 Å². The molecule has 0 N–H and O–H groups in total. The Balaban J connectivity index is 1.93. The molecule has 0 heteroatoms. The zero-order valence-corrected chi connectivity index (χ0v) is 12.1. The maximum Gasteiger partial charge on any atom is -0.0386 e. The molecule has 100 valence electrons. The Morgan fingerprint density at radius 3 is 2.00 bits per heavy atom. The smallest absolute Gasteiger partial charge is 0.0386 e. The molecular formula is C17H32. The summed E-state index contributed by atoms with van der Waals surface area (Å²) in [4.78, 5) is 0. The van der Waals surface area contributed by atoms with Crippen LogP contribution in [0, 0.1) is 23.7 Å². The van der Waals surface area contributed by atoms with E-state index in [1.807, 2.05) is 0 Å². The largest absolute Gasteiger partial charge is 0.0651 e. The van der Waals surface area contributed by atoms with Crippen LogP contribution in [0.25, 0.3) is 0 Å². The molecule has 0 nitrogen and oxygen atoms in total. The van der Waals surface area contributed by atoms with Crippen molar-refractivity contribution in [3.63, 3.8) is 0 Å². The van der Waals surface area contributed by atoms with Gasteiger partial charge in [0.05, 0.1) is 0 Å². The Labute approximate surface area is 109 Å². The molecule has 4 unspecified atom stereocenters. The number of rotatable bonds is 1. The molecule has 0 bridgehead atoms. The van der Waals surface area contributed by atoms with E-state index < -0.39 is 0 Å². The van der Waals surface area contributed by atoms with Gasteiger partial charge in [0.1, 0.15) is 0 Å². The van der Waals surface area contributed by atoms with Gasteiger partial charge in [-0.25, -0.2) is 0 Å². The second-order valence-corrected chi connectivity index (χ2v) is 6.92. The zero-order valence-electron chi connectivity index (χ0n) is 12.1. The average molecular weight is 236 g/mol.